The molecule has 0 radical (unpaired) electrons. The van der Waals surface area contributed by atoms with Crippen LogP contribution in [0.2, 0.25) is 0 Å². The van der Waals surface area contributed by atoms with Crippen molar-refractivity contribution in [2.24, 2.45) is 5.92 Å². The van der Waals surface area contributed by atoms with Gasteiger partial charge in [-0.25, -0.2) is 0 Å². The van der Waals surface area contributed by atoms with Gasteiger partial charge in [0.2, 0.25) is 0 Å². The van der Waals surface area contributed by atoms with E-state index in [2.05, 4.69) is 36.4 Å². The van der Waals surface area contributed by atoms with Crippen molar-refractivity contribution in [2.75, 3.05) is 0 Å². The molecule has 0 aliphatic heterocycles. The van der Waals surface area contributed by atoms with Crippen molar-refractivity contribution in [2.45, 2.75) is 56.5 Å². The van der Waals surface area contributed by atoms with Gasteiger partial charge in [0.1, 0.15) is 5.75 Å². The molecule has 0 amide bonds. The van der Waals surface area contributed by atoms with E-state index in [4.69, 9.17) is 0 Å². The zero-order valence-corrected chi connectivity index (χ0v) is 15.5. The minimum absolute atomic E-state index is 0.0520. The first-order valence-corrected chi connectivity index (χ1v) is 9.77. The molecule has 26 heavy (non-hydrogen) atoms. The average Bonchev–Trinajstić information content (AvgIpc) is 2.63. The van der Waals surface area contributed by atoms with Crippen LogP contribution in [0.25, 0.3) is 0 Å². The molecule has 2 aromatic carbocycles. The fourth-order valence-corrected chi connectivity index (χ4v) is 5.45. The third kappa shape index (κ3) is 2.97. The van der Waals surface area contributed by atoms with Gasteiger partial charge in [0.15, 0.2) is 0 Å². The zero-order chi connectivity index (χ0) is 18.2. The van der Waals surface area contributed by atoms with Gasteiger partial charge in [-0.1, -0.05) is 48.6 Å². The summed E-state index contributed by atoms with van der Waals surface area (Å²) >= 11 is 0. The summed E-state index contributed by atoms with van der Waals surface area (Å²) in [5.74, 6) is 0.813. The van der Waals surface area contributed by atoms with Crippen LogP contribution in [-0.4, -0.2) is 15.8 Å². The number of hydrogen-bond acceptors (Lipinski definition) is 2. The van der Waals surface area contributed by atoms with E-state index in [0.29, 0.717) is 11.7 Å². The number of benzene rings is 2. The minimum Gasteiger partial charge on any atom is -0.508 e. The van der Waals surface area contributed by atoms with Crippen LogP contribution < -0.4 is 0 Å². The van der Waals surface area contributed by atoms with Crippen LogP contribution in [0, 0.1) is 5.92 Å². The Morgan fingerprint density at radius 3 is 2.69 bits per heavy atom. The third-order valence-electron chi connectivity index (χ3n) is 6.61. The monoisotopic (exact) mass is 348 g/mol. The van der Waals surface area contributed by atoms with E-state index in [9.17, 15) is 10.2 Å². The van der Waals surface area contributed by atoms with E-state index in [0.717, 1.165) is 38.5 Å². The Labute approximate surface area is 156 Å². The fourth-order valence-electron chi connectivity index (χ4n) is 5.45. The van der Waals surface area contributed by atoms with Crippen molar-refractivity contribution in [3.05, 3.63) is 77.4 Å². The van der Waals surface area contributed by atoms with Crippen molar-refractivity contribution in [3.63, 3.8) is 0 Å². The molecule has 0 heterocycles. The molecule has 2 nitrogen and oxygen atoms in total. The molecule has 136 valence electrons. The Hall–Kier alpha value is -2.06. The lowest BCUT2D eigenvalue weighted by molar-refractivity contribution is -0.0151. The number of phenolic OH excluding ortho intramolecular Hbond substituents is 1. The van der Waals surface area contributed by atoms with Crippen molar-refractivity contribution in [1.29, 1.82) is 0 Å². The average molecular weight is 348 g/mol. The van der Waals surface area contributed by atoms with Gasteiger partial charge in [-0.3, -0.25) is 0 Å². The molecule has 2 aliphatic carbocycles. The number of rotatable bonds is 3. The third-order valence-corrected chi connectivity index (χ3v) is 6.61. The van der Waals surface area contributed by atoms with E-state index in [1.54, 1.807) is 0 Å². The number of allylic oxidation sites excluding steroid dienone is 1. The highest BCUT2D eigenvalue weighted by molar-refractivity contribution is 5.44. The molecule has 0 bridgehead atoms. The number of aromatic hydroxyl groups is 1. The molecule has 4 rings (SSSR count). The number of fused-ring (bicyclic) bond motifs is 3. The van der Waals surface area contributed by atoms with Crippen LogP contribution in [0.3, 0.4) is 0 Å². The topological polar surface area (TPSA) is 40.5 Å². The van der Waals surface area contributed by atoms with Crippen molar-refractivity contribution in [3.8, 4) is 5.75 Å². The largest absolute Gasteiger partial charge is 0.508 e. The first-order chi connectivity index (χ1) is 12.5. The molecule has 2 aromatic rings. The number of aryl methyl sites for hydroxylation is 1. The molecule has 1 saturated carbocycles. The van der Waals surface area contributed by atoms with Gasteiger partial charge in [-0.2, -0.15) is 0 Å². The molecule has 1 fully saturated rings. The lowest BCUT2D eigenvalue weighted by atomic mass is 9.52. The van der Waals surface area contributed by atoms with E-state index in [1.165, 1.54) is 16.7 Å². The molecule has 2 aliphatic rings. The minimum atomic E-state index is -0.673. The van der Waals surface area contributed by atoms with Gasteiger partial charge in [0, 0.05) is 5.41 Å². The van der Waals surface area contributed by atoms with Crippen LogP contribution >= 0.6 is 0 Å². The maximum absolute atomic E-state index is 11.1. The van der Waals surface area contributed by atoms with Gasteiger partial charge in [0.25, 0.3) is 0 Å². The molecule has 2 heteroatoms. The SMILES string of the molecule is CC=C[C@@]1(O)CC[C@@]2(Cc3ccccc3)c3ccc(O)cc3CC[C@@H]2C1. The summed E-state index contributed by atoms with van der Waals surface area (Å²) < 4.78 is 0. The van der Waals surface area contributed by atoms with E-state index in [1.807, 2.05) is 31.2 Å². The van der Waals surface area contributed by atoms with E-state index in [-0.39, 0.29) is 5.41 Å². The van der Waals surface area contributed by atoms with Gasteiger partial charge >= 0.3 is 0 Å². The normalized spacial score (nSPS) is 30.8. The highest BCUT2D eigenvalue weighted by Crippen LogP contribution is 2.54. The molecule has 0 aromatic heterocycles. The Bertz CT molecular complexity index is 810. The van der Waals surface area contributed by atoms with Gasteiger partial charge in [0.05, 0.1) is 5.60 Å². The Morgan fingerprint density at radius 1 is 1.12 bits per heavy atom. The zero-order valence-electron chi connectivity index (χ0n) is 15.5. The van der Waals surface area contributed by atoms with Crippen LogP contribution in [0.5, 0.6) is 5.75 Å². The first-order valence-electron chi connectivity index (χ1n) is 9.77. The number of hydrogen-bond donors (Lipinski definition) is 2. The molecule has 0 spiro atoms. The van der Waals surface area contributed by atoms with Gasteiger partial charge < -0.3 is 10.2 Å². The summed E-state index contributed by atoms with van der Waals surface area (Å²) in [5, 5.41) is 21.0. The second-order valence-electron chi connectivity index (χ2n) is 8.20. The lowest BCUT2D eigenvalue weighted by Gasteiger charge is -2.53. The molecule has 3 atom stereocenters. The molecule has 0 saturated heterocycles. The fraction of sp³-hybridized carbons (Fsp3) is 0.417. The summed E-state index contributed by atoms with van der Waals surface area (Å²) in [6.45, 7) is 1.99. The summed E-state index contributed by atoms with van der Waals surface area (Å²) in [6, 6.07) is 16.6. The quantitative estimate of drug-likeness (QED) is 0.773. The predicted molar refractivity (Wildman–Crippen MR) is 105 cm³/mol. The second kappa shape index (κ2) is 6.59. The van der Waals surface area contributed by atoms with E-state index < -0.39 is 5.60 Å². The van der Waals surface area contributed by atoms with E-state index >= 15 is 0 Å². The van der Waals surface area contributed by atoms with Crippen LogP contribution in [0.1, 0.15) is 49.3 Å². The Balaban J connectivity index is 1.79. The van der Waals surface area contributed by atoms with Crippen molar-refractivity contribution >= 4 is 0 Å². The lowest BCUT2D eigenvalue weighted by Crippen LogP contribution is -2.50. The Morgan fingerprint density at radius 2 is 1.92 bits per heavy atom. The second-order valence-corrected chi connectivity index (χ2v) is 8.20. The molecule has 0 unspecified atom stereocenters. The maximum Gasteiger partial charge on any atom is 0.115 e. The van der Waals surface area contributed by atoms with Crippen molar-refractivity contribution < 1.29 is 10.2 Å². The number of phenols is 1. The molecule has 2 N–H and O–H groups in total. The predicted octanol–water partition coefficient (Wildman–Crippen LogP) is 4.93. The van der Waals surface area contributed by atoms with Crippen LogP contribution in [0.4, 0.5) is 0 Å². The van der Waals surface area contributed by atoms with Gasteiger partial charge in [-0.05, 0) is 80.2 Å². The Kier molecular flexibility index (Phi) is 4.40. The summed E-state index contributed by atoms with van der Waals surface area (Å²) in [6.07, 6.45) is 9.63. The van der Waals surface area contributed by atoms with Crippen LogP contribution in [0.15, 0.2) is 60.7 Å². The number of aliphatic hydroxyl groups is 1. The van der Waals surface area contributed by atoms with Crippen molar-refractivity contribution in [1.82, 2.24) is 0 Å². The van der Waals surface area contributed by atoms with Crippen LogP contribution in [-0.2, 0) is 18.3 Å². The highest BCUT2D eigenvalue weighted by atomic mass is 16.3. The first kappa shape index (κ1) is 17.4. The smallest absolute Gasteiger partial charge is 0.115 e. The summed E-state index contributed by atoms with van der Waals surface area (Å²) in [5.41, 5.74) is 3.41. The van der Waals surface area contributed by atoms with Gasteiger partial charge in [-0.15, -0.1) is 0 Å². The standard InChI is InChI=1S/C24H28O2/c1-2-12-23(26)13-14-24(16-18-6-4-3-5-7-18)20(17-23)9-8-19-15-21(25)10-11-22(19)24/h2-7,10-12,15,20,25-26H,8-9,13-14,16-17H2,1H3/t20-,23-,24+/m1/s1. The molecular weight excluding hydrogens is 320 g/mol. The summed E-state index contributed by atoms with van der Waals surface area (Å²) in [7, 11) is 0. The highest BCUT2D eigenvalue weighted by Gasteiger charge is 2.50. The summed E-state index contributed by atoms with van der Waals surface area (Å²) in [4.78, 5) is 0. The maximum atomic E-state index is 11.1. The molecular formula is C24H28O2.